The average molecular weight is 475 g/mol. The van der Waals surface area contributed by atoms with E-state index in [0.29, 0.717) is 29.6 Å². The number of ether oxygens (including phenoxy) is 1. The molecule has 0 spiro atoms. The van der Waals surface area contributed by atoms with E-state index in [1.807, 2.05) is 42.2 Å². The lowest BCUT2D eigenvalue weighted by Gasteiger charge is -2.33. The number of carbonyl (C=O) groups is 2. The molecule has 6 nitrogen and oxygen atoms in total. The Bertz CT molecular complexity index is 1010. The maximum atomic E-state index is 13.1. The van der Waals surface area contributed by atoms with E-state index in [9.17, 15) is 9.59 Å². The van der Waals surface area contributed by atoms with Gasteiger partial charge in [0.1, 0.15) is 6.10 Å². The molecule has 3 aromatic rings. The van der Waals surface area contributed by atoms with Gasteiger partial charge in [0, 0.05) is 11.0 Å². The Hall–Kier alpha value is -2.42. The van der Waals surface area contributed by atoms with E-state index in [1.54, 1.807) is 12.1 Å². The molecule has 2 aromatic heterocycles. The molecule has 4 rings (SSSR count). The fraction of sp³-hybridized carbons (Fsp3) is 0.238. The van der Waals surface area contributed by atoms with E-state index in [2.05, 4.69) is 21.2 Å². The van der Waals surface area contributed by atoms with Crippen LogP contribution in [0.4, 0.5) is 5.00 Å². The maximum absolute atomic E-state index is 13.1. The Morgan fingerprint density at radius 1 is 1.24 bits per heavy atom. The van der Waals surface area contributed by atoms with Crippen molar-refractivity contribution in [2.75, 3.05) is 25.0 Å². The lowest BCUT2D eigenvalue weighted by molar-refractivity contribution is -0.0226. The van der Waals surface area contributed by atoms with Crippen molar-refractivity contribution in [2.24, 2.45) is 0 Å². The zero-order valence-electron chi connectivity index (χ0n) is 15.7. The normalized spacial score (nSPS) is 16.6. The van der Waals surface area contributed by atoms with E-state index >= 15 is 0 Å². The van der Waals surface area contributed by atoms with Crippen LogP contribution in [0.3, 0.4) is 0 Å². The number of furan rings is 1. The van der Waals surface area contributed by atoms with Gasteiger partial charge in [0.2, 0.25) is 0 Å². The number of anilines is 1. The minimum absolute atomic E-state index is 0.0450. The first kappa shape index (κ1) is 19.9. The van der Waals surface area contributed by atoms with Crippen molar-refractivity contribution in [1.82, 2.24) is 4.90 Å². The number of nitrogens with one attached hydrogen (secondary N) is 1. The molecule has 1 saturated heterocycles. The number of halogens is 1. The number of aryl methyl sites for hydroxylation is 1. The second-order valence-corrected chi connectivity index (χ2v) is 8.68. The lowest BCUT2D eigenvalue weighted by Crippen LogP contribution is -2.42. The van der Waals surface area contributed by atoms with Gasteiger partial charge in [-0.25, -0.2) is 0 Å². The summed E-state index contributed by atoms with van der Waals surface area (Å²) in [5, 5.41) is 3.40. The number of hydrogen-bond acceptors (Lipinski definition) is 5. The first-order valence-corrected chi connectivity index (χ1v) is 10.7. The number of thiophene rings is 1. The molecule has 29 heavy (non-hydrogen) atoms. The fourth-order valence-electron chi connectivity index (χ4n) is 3.19. The van der Waals surface area contributed by atoms with Gasteiger partial charge in [0.25, 0.3) is 11.8 Å². The Labute approximate surface area is 180 Å². The summed E-state index contributed by atoms with van der Waals surface area (Å²) in [6.45, 7) is 3.39. The van der Waals surface area contributed by atoms with E-state index in [-0.39, 0.29) is 23.7 Å². The Kier molecular flexibility index (Phi) is 5.84. The van der Waals surface area contributed by atoms with Crippen molar-refractivity contribution in [3.63, 3.8) is 0 Å². The molecule has 0 radical (unpaired) electrons. The summed E-state index contributed by atoms with van der Waals surface area (Å²) in [5.41, 5.74) is 1.88. The second kappa shape index (κ2) is 8.52. The van der Waals surface area contributed by atoms with E-state index in [0.717, 1.165) is 15.6 Å². The highest BCUT2D eigenvalue weighted by molar-refractivity contribution is 9.10. The van der Waals surface area contributed by atoms with Crippen LogP contribution in [0.1, 0.15) is 37.5 Å². The van der Waals surface area contributed by atoms with Crippen molar-refractivity contribution in [2.45, 2.75) is 13.0 Å². The Morgan fingerprint density at radius 3 is 2.76 bits per heavy atom. The smallest absolute Gasteiger partial charge is 0.291 e. The van der Waals surface area contributed by atoms with Crippen LogP contribution in [-0.4, -0.2) is 36.4 Å². The van der Waals surface area contributed by atoms with E-state index in [4.69, 9.17) is 9.15 Å². The highest BCUT2D eigenvalue weighted by Crippen LogP contribution is 2.30. The van der Waals surface area contributed by atoms with Crippen molar-refractivity contribution >= 4 is 44.1 Å². The monoisotopic (exact) mass is 474 g/mol. The molecule has 1 N–H and O–H groups in total. The van der Waals surface area contributed by atoms with Gasteiger partial charge in [-0.05, 0) is 48.4 Å². The van der Waals surface area contributed by atoms with Crippen LogP contribution in [0.15, 0.2) is 57.6 Å². The van der Waals surface area contributed by atoms with E-state index in [1.165, 1.54) is 17.6 Å². The van der Waals surface area contributed by atoms with Crippen LogP contribution in [0.25, 0.3) is 0 Å². The van der Waals surface area contributed by atoms with Crippen LogP contribution in [0.2, 0.25) is 0 Å². The molecule has 1 atom stereocenters. The maximum Gasteiger partial charge on any atom is 0.291 e. The summed E-state index contributed by atoms with van der Waals surface area (Å²) >= 11 is 4.71. The largest absolute Gasteiger partial charge is 0.459 e. The van der Waals surface area contributed by atoms with Gasteiger partial charge in [-0.15, -0.1) is 11.3 Å². The first-order chi connectivity index (χ1) is 14.0. The summed E-state index contributed by atoms with van der Waals surface area (Å²) < 4.78 is 12.0. The minimum atomic E-state index is -0.336. The Balaban J connectivity index is 1.46. The van der Waals surface area contributed by atoms with Crippen LogP contribution in [0.5, 0.6) is 0 Å². The predicted octanol–water partition coefficient (Wildman–Crippen LogP) is 4.88. The molecule has 2 amide bonds. The molecular weight excluding hydrogens is 456 g/mol. The average Bonchev–Trinajstić information content (AvgIpc) is 3.38. The number of nitrogens with zero attached hydrogens (tertiary/aromatic N) is 1. The van der Waals surface area contributed by atoms with Gasteiger partial charge >= 0.3 is 0 Å². The van der Waals surface area contributed by atoms with Gasteiger partial charge in [0.15, 0.2) is 5.76 Å². The molecule has 1 aliphatic heterocycles. The number of benzene rings is 1. The zero-order chi connectivity index (χ0) is 20.4. The standard InChI is InChI=1S/C21H19BrN2O4S/c1-13-11-18(23-20(25)16-3-2-9-27-16)29-19(13)21(26)24-8-10-28-17(12-24)14-4-6-15(22)7-5-14/h2-7,9,11,17H,8,10,12H2,1H3,(H,23,25). The van der Waals surface area contributed by atoms with E-state index < -0.39 is 0 Å². The molecule has 3 heterocycles. The first-order valence-electron chi connectivity index (χ1n) is 9.13. The summed E-state index contributed by atoms with van der Waals surface area (Å²) in [6, 6.07) is 13.0. The van der Waals surface area contributed by atoms with Crippen molar-refractivity contribution in [3.8, 4) is 0 Å². The van der Waals surface area contributed by atoms with Gasteiger partial charge in [0.05, 0.1) is 29.3 Å². The third-order valence-electron chi connectivity index (χ3n) is 4.69. The van der Waals surface area contributed by atoms with Crippen LogP contribution >= 0.6 is 27.3 Å². The molecule has 150 valence electrons. The number of carbonyl (C=O) groups excluding carboxylic acids is 2. The zero-order valence-corrected chi connectivity index (χ0v) is 18.1. The number of amides is 2. The van der Waals surface area contributed by atoms with Gasteiger partial charge in [-0.2, -0.15) is 0 Å². The molecule has 8 heteroatoms. The lowest BCUT2D eigenvalue weighted by atomic mass is 10.1. The Morgan fingerprint density at radius 2 is 2.03 bits per heavy atom. The van der Waals surface area contributed by atoms with Gasteiger partial charge in [-0.3, -0.25) is 9.59 Å². The van der Waals surface area contributed by atoms with Gasteiger partial charge in [-0.1, -0.05) is 28.1 Å². The highest BCUT2D eigenvalue weighted by Gasteiger charge is 2.28. The molecule has 1 unspecified atom stereocenters. The summed E-state index contributed by atoms with van der Waals surface area (Å²) in [5.74, 6) is -0.150. The van der Waals surface area contributed by atoms with Crippen molar-refractivity contribution < 1.29 is 18.7 Å². The molecular formula is C21H19BrN2O4S. The minimum Gasteiger partial charge on any atom is -0.459 e. The summed E-state index contributed by atoms with van der Waals surface area (Å²) in [7, 11) is 0. The summed E-state index contributed by atoms with van der Waals surface area (Å²) in [6.07, 6.45) is 1.29. The molecule has 1 aromatic carbocycles. The molecule has 1 fully saturated rings. The number of rotatable bonds is 4. The summed E-state index contributed by atoms with van der Waals surface area (Å²) in [4.78, 5) is 27.7. The van der Waals surface area contributed by atoms with Crippen molar-refractivity contribution in [3.05, 3.63) is 75.0 Å². The molecule has 1 aliphatic rings. The second-order valence-electron chi connectivity index (χ2n) is 6.72. The third kappa shape index (κ3) is 4.44. The van der Waals surface area contributed by atoms with Crippen LogP contribution in [-0.2, 0) is 4.74 Å². The predicted molar refractivity (Wildman–Crippen MR) is 114 cm³/mol. The fourth-order valence-corrected chi connectivity index (χ4v) is 4.49. The van der Waals surface area contributed by atoms with Crippen LogP contribution in [0, 0.1) is 6.92 Å². The molecule has 0 aliphatic carbocycles. The molecule has 0 saturated carbocycles. The number of morpholine rings is 1. The quantitative estimate of drug-likeness (QED) is 0.584. The topological polar surface area (TPSA) is 71.8 Å². The molecule has 0 bridgehead atoms. The van der Waals surface area contributed by atoms with Crippen molar-refractivity contribution in [1.29, 1.82) is 0 Å². The highest BCUT2D eigenvalue weighted by atomic mass is 79.9. The third-order valence-corrected chi connectivity index (χ3v) is 6.36. The SMILES string of the molecule is Cc1cc(NC(=O)c2ccco2)sc1C(=O)N1CCOC(c2ccc(Br)cc2)C1. The van der Waals surface area contributed by atoms with Crippen LogP contribution < -0.4 is 5.32 Å². The number of hydrogen-bond donors (Lipinski definition) is 1. The van der Waals surface area contributed by atoms with Gasteiger partial charge < -0.3 is 19.4 Å².